The molecular formula is C20H35N3O+2. The standard InChI is InChI=1S/C20H33N3O/c1-13-8-14(2)18(15(3)9-13)22-17(24)12-21-16-10-19(4,5)23-20(6,7)11-16/h8-9,16,21,23H,10-12H2,1-7H3,(H,22,24)/p+2. The van der Waals surface area contributed by atoms with E-state index >= 15 is 0 Å². The normalized spacial score (nSPS) is 20.0. The van der Waals surface area contributed by atoms with E-state index in [0.717, 1.165) is 29.7 Å². The number of amides is 1. The molecule has 1 aliphatic rings. The van der Waals surface area contributed by atoms with E-state index in [1.54, 1.807) is 0 Å². The number of carbonyl (C=O) groups is 1. The fourth-order valence-electron chi connectivity index (χ4n) is 4.61. The second-order valence-corrected chi connectivity index (χ2v) is 9.05. The maximum absolute atomic E-state index is 12.4. The van der Waals surface area contributed by atoms with Crippen LogP contribution in [-0.2, 0) is 4.79 Å². The van der Waals surface area contributed by atoms with Crippen LogP contribution in [0.1, 0.15) is 57.2 Å². The summed E-state index contributed by atoms with van der Waals surface area (Å²) in [7, 11) is 0. The van der Waals surface area contributed by atoms with E-state index in [0.29, 0.717) is 12.6 Å². The van der Waals surface area contributed by atoms with Crippen LogP contribution in [-0.4, -0.2) is 29.6 Å². The first-order valence-electron chi connectivity index (χ1n) is 9.05. The Morgan fingerprint density at radius 2 is 1.62 bits per heavy atom. The Labute approximate surface area is 146 Å². The third-order valence-corrected chi connectivity index (χ3v) is 4.94. The summed E-state index contributed by atoms with van der Waals surface area (Å²) in [5.74, 6) is 0.0928. The number of nitrogens with two attached hydrogens (primary N) is 2. The maximum Gasteiger partial charge on any atom is 0.279 e. The topological polar surface area (TPSA) is 62.3 Å². The molecule has 24 heavy (non-hydrogen) atoms. The summed E-state index contributed by atoms with van der Waals surface area (Å²) < 4.78 is 0. The summed E-state index contributed by atoms with van der Waals surface area (Å²) in [5, 5.41) is 7.81. The third kappa shape index (κ3) is 5.05. The van der Waals surface area contributed by atoms with Gasteiger partial charge in [-0.2, -0.15) is 0 Å². The van der Waals surface area contributed by atoms with Gasteiger partial charge in [0.1, 0.15) is 0 Å². The van der Waals surface area contributed by atoms with Crippen molar-refractivity contribution >= 4 is 11.6 Å². The van der Waals surface area contributed by atoms with Crippen LogP contribution in [0.4, 0.5) is 5.69 Å². The lowest BCUT2D eigenvalue weighted by Crippen LogP contribution is -3.09. The molecule has 5 N–H and O–H groups in total. The average Bonchev–Trinajstić information content (AvgIpc) is 2.37. The minimum absolute atomic E-state index is 0.0928. The molecule has 0 spiro atoms. The molecule has 1 aromatic carbocycles. The summed E-state index contributed by atoms with van der Waals surface area (Å²) in [4.78, 5) is 12.4. The second-order valence-electron chi connectivity index (χ2n) is 9.05. The van der Waals surface area contributed by atoms with E-state index in [2.05, 4.69) is 76.5 Å². The zero-order chi connectivity index (χ0) is 18.1. The number of nitrogens with one attached hydrogen (secondary N) is 1. The minimum Gasteiger partial charge on any atom is -0.337 e. The van der Waals surface area contributed by atoms with Crippen LogP contribution in [0.15, 0.2) is 12.1 Å². The highest BCUT2D eigenvalue weighted by Gasteiger charge is 2.43. The fourth-order valence-corrected chi connectivity index (χ4v) is 4.61. The summed E-state index contributed by atoms with van der Waals surface area (Å²) in [6.07, 6.45) is 2.26. The second kappa shape index (κ2) is 6.85. The fraction of sp³-hybridized carbons (Fsp3) is 0.650. The van der Waals surface area contributed by atoms with Crippen molar-refractivity contribution in [1.82, 2.24) is 0 Å². The van der Waals surface area contributed by atoms with Crippen molar-refractivity contribution in [1.29, 1.82) is 0 Å². The molecule has 1 heterocycles. The Morgan fingerprint density at radius 3 is 2.12 bits per heavy atom. The lowest BCUT2D eigenvalue weighted by atomic mass is 9.79. The van der Waals surface area contributed by atoms with Crippen LogP contribution in [0.5, 0.6) is 0 Å². The highest BCUT2D eigenvalue weighted by Crippen LogP contribution is 2.22. The molecule has 0 saturated carbocycles. The van der Waals surface area contributed by atoms with Crippen molar-refractivity contribution in [2.75, 3.05) is 11.9 Å². The first-order valence-corrected chi connectivity index (χ1v) is 9.05. The Morgan fingerprint density at radius 1 is 1.12 bits per heavy atom. The van der Waals surface area contributed by atoms with E-state index in [1.807, 2.05) is 0 Å². The Hall–Kier alpha value is -1.39. The molecule has 4 heteroatoms. The molecule has 1 saturated heterocycles. The Balaban J connectivity index is 1.94. The van der Waals surface area contributed by atoms with Gasteiger partial charge in [0.15, 0.2) is 6.54 Å². The highest BCUT2D eigenvalue weighted by atomic mass is 16.1. The Kier molecular flexibility index (Phi) is 5.41. The monoisotopic (exact) mass is 333 g/mol. The van der Waals surface area contributed by atoms with Crippen LogP contribution in [0.2, 0.25) is 0 Å². The molecule has 0 aliphatic carbocycles. The molecular weight excluding hydrogens is 298 g/mol. The molecule has 0 radical (unpaired) electrons. The third-order valence-electron chi connectivity index (χ3n) is 4.94. The minimum atomic E-state index is 0.0928. The van der Waals surface area contributed by atoms with Gasteiger partial charge in [0.2, 0.25) is 0 Å². The number of benzene rings is 1. The molecule has 1 aliphatic heterocycles. The maximum atomic E-state index is 12.4. The van der Waals surface area contributed by atoms with Crippen molar-refractivity contribution in [2.24, 2.45) is 0 Å². The molecule has 134 valence electrons. The van der Waals surface area contributed by atoms with Gasteiger partial charge >= 0.3 is 0 Å². The number of hydrogen-bond donors (Lipinski definition) is 3. The molecule has 1 aromatic rings. The number of aryl methyl sites for hydroxylation is 3. The summed E-state index contributed by atoms with van der Waals surface area (Å²) >= 11 is 0. The van der Waals surface area contributed by atoms with Crippen LogP contribution in [0, 0.1) is 20.8 Å². The summed E-state index contributed by atoms with van der Waals surface area (Å²) in [6, 6.07) is 4.74. The van der Waals surface area contributed by atoms with E-state index in [-0.39, 0.29) is 17.0 Å². The number of anilines is 1. The first-order chi connectivity index (χ1) is 11.0. The lowest BCUT2D eigenvalue weighted by molar-refractivity contribution is -0.812. The van der Waals surface area contributed by atoms with E-state index in [1.165, 1.54) is 5.56 Å². The van der Waals surface area contributed by atoms with Gasteiger partial charge in [-0.3, -0.25) is 4.79 Å². The van der Waals surface area contributed by atoms with E-state index in [4.69, 9.17) is 0 Å². The van der Waals surface area contributed by atoms with Gasteiger partial charge in [0.25, 0.3) is 5.91 Å². The zero-order valence-electron chi connectivity index (χ0n) is 16.4. The lowest BCUT2D eigenvalue weighted by Gasteiger charge is -2.41. The number of hydrogen-bond acceptors (Lipinski definition) is 1. The largest absolute Gasteiger partial charge is 0.337 e. The van der Waals surface area contributed by atoms with Crippen LogP contribution >= 0.6 is 0 Å². The number of rotatable bonds is 4. The van der Waals surface area contributed by atoms with Gasteiger partial charge in [0, 0.05) is 5.69 Å². The van der Waals surface area contributed by atoms with Gasteiger partial charge < -0.3 is 16.0 Å². The van der Waals surface area contributed by atoms with Gasteiger partial charge in [-0.05, 0) is 59.6 Å². The zero-order valence-corrected chi connectivity index (χ0v) is 16.4. The highest BCUT2D eigenvalue weighted by molar-refractivity contribution is 5.93. The summed E-state index contributed by atoms with van der Waals surface area (Å²) in [5.41, 5.74) is 4.95. The van der Waals surface area contributed by atoms with Crippen molar-refractivity contribution in [3.63, 3.8) is 0 Å². The first kappa shape index (κ1) is 18.9. The van der Waals surface area contributed by atoms with Gasteiger partial charge in [-0.15, -0.1) is 0 Å². The number of carbonyl (C=O) groups excluding carboxylic acids is 1. The molecule has 0 atom stereocenters. The molecule has 2 rings (SSSR count). The molecule has 4 nitrogen and oxygen atoms in total. The predicted molar refractivity (Wildman–Crippen MR) is 99.2 cm³/mol. The number of piperidine rings is 1. The van der Waals surface area contributed by atoms with Crippen molar-refractivity contribution in [3.05, 3.63) is 28.8 Å². The van der Waals surface area contributed by atoms with Crippen molar-refractivity contribution in [2.45, 2.75) is 78.4 Å². The van der Waals surface area contributed by atoms with Crippen LogP contribution in [0.25, 0.3) is 0 Å². The summed E-state index contributed by atoms with van der Waals surface area (Å²) in [6.45, 7) is 15.9. The molecule has 1 fully saturated rings. The molecule has 1 amide bonds. The predicted octanol–water partition coefficient (Wildman–Crippen LogP) is 1.40. The van der Waals surface area contributed by atoms with E-state index < -0.39 is 0 Å². The molecule has 0 aromatic heterocycles. The average molecular weight is 334 g/mol. The smallest absolute Gasteiger partial charge is 0.279 e. The van der Waals surface area contributed by atoms with Crippen LogP contribution < -0.4 is 16.0 Å². The SMILES string of the molecule is Cc1cc(C)c(NC(=O)C[NH2+]C2CC(C)(C)[NH2+]C(C)(C)C2)c(C)c1. The molecule has 0 unspecified atom stereocenters. The Bertz CT molecular complexity index is 580. The van der Waals surface area contributed by atoms with Gasteiger partial charge in [-0.25, -0.2) is 0 Å². The van der Waals surface area contributed by atoms with E-state index in [9.17, 15) is 4.79 Å². The van der Waals surface area contributed by atoms with Gasteiger partial charge in [-0.1, -0.05) is 17.7 Å². The molecule has 0 bridgehead atoms. The quantitative estimate of drug-likeness (QED) is 0.766. The van der Waals surface area contributed by atoms with Crippen LogP contribution in [0.3, 0.4) is 0 Å². The van der Waals surface area contributed by atoms with Gasteiger partial charge in [0.05, 0.1) is 30.0 Å². The van der Waals surface area contributed by atoms with Crippen molar-refractivity contribution < 1.29 is 15.4 Å². The number of quaternary nitrogens is 2. The van der Waals surface area contributed by atoms with Crippen molar-refractivity contribution in [3.8, 4) is 0 Å².